The van der Waals surface area contributed by atoms with Crippen LogP contribution in [0.3, 0.4) is 0 Å². The van der Waals surface area contributed by atoms with Crippen LogP contribution in [0.25, 0.3) is 22.0 Å². The van der Waals surface area contributed by atoms with Gasteiger partial charge in [-0.1, -0.05) is 54.1 Å². The van der Waals surface area contributed by atoms with Crippen LogP contribution >= 0.6 is 0 Å². The molecule has 0 atom stereocenters. The number of aryl methyl sites for hydroxylation is 1. The van der Waals surface area contributed by atoms with Gasteiger partial charge in [0, 0.05) is 23.0 Å². The summed E-state index contributed by atoms with van der Waals surface area (Å²) in [6.07, 6.45) is 0.0537. The van der Waals surface area contributed by atoms with E-state index < -0.39 is 12.5 Å². The summed E-state index contributed by atoms with van der Waals surface area (Å²) in [7, 11) is 0. The minimum atomic E-state index is -1.07. The van der Waals surface area contributed by atoms with Crippen molar-refractivity contribution in [3.63, 3.8) is 0 Å². The Kier molecular flexibility index (Phi) is 6.68. The molecule has 3 aromatic carbocycles. The van der Waals surface area contributed by atoms with E-state index in [1.807, 2.05) is 93.6 Å². The largest absolute Gasteiger partial charge is 0.491 e. The monoisotopic (exact) mass is 456 g/mol. The summed E-state index contributed by atoms with van der Waals surface area (Å²) in [5, 5.41) is 10.5. The maximum Gasteiger partial charge on any atom is 0.323 e. The van der Waals surface area contributed by atoms with Gasteiger partial charge in [-0.15, -0.1) is 0 Å². The number of H-pyrrole nitrogens is 1. The Morgan fingerprint density at radius 3 is 2.35 bits per heavy atom. The van der Waals surface area contributed by atoms with Crippen LogP contribution in [0.15, 0.2) is 72.8 Å². The Hall–Kier alpha value is -4.06. The third-order valence-electron chi connectivity index (χ3n) is 5.51. The van der Waals surface area contributed by atoms with Crippen LogP contribution in [-0.2, 0) is 11.3 Å². The van der Waals surface area contributed by atoms with E-state index in [0.29, 0.717) is 5.69 Å². The van der Waals surface area contributed by atoms with E-state index >= 15 is 0 Å². The summed E-state index contributed by atoms with van der Waals surface area (Å²) in [5.41, 5.74) is 4.78. The predicted molar refractivity (Wildman–Crippen MR) is 133 cm³/mol. The van der Waals surface area contributed by atoms with E-state index in [1.54, 1.807) is 0 Å². The zero-order valence-electron chi connectivity index (χ0n) is 19.5. The Bertz CT molecular complexity index is 1310. The lowest BCUT2D eigenvalue weighted by Gasteiger charge is -2.21. The van der Waals surface area contributed by atoms with Gasteiger partial charge in [0.1, 0.15) is 18.0 Å². The van der Waals surface area contributed by atoms with Gasteiger partial charge in [-0.05, 0) is 56.2 Å². The standard InChI is InChI=1S/C28H28N2O4/c1-18(2)34-22-12-10-20(11-13-22)16-30(17-25(31)32)28(33)27-26(21-7-5-4-6-8-21)23-15-19(3)9-14-24(23)29-27/h4-15,18,29H,16-17H2,1-3H3,(H,31,32). The van der Waals surface area contributed by atoms with Crippen molar-refractivity contribution in [2.45, 2.75) is 33.4 Å². The number of hydrogen-bond acceptors (Lipinski definition) is 3. The molecule has 6 heteroatoms. The van der Waals surface area contributed by atoms with Gasteiger partial charge in [0.2, 0.25) is 0 Å². The van der Waals surface area contributed by atoms with Crippen molar-refractivity contribution in [1.82, 2.24) is 9.88 Å². The lowest BCUT2D eigenvalue weighted by molar-refractivity contribution is -0.137. The third kappa shape index (κ3) is 5.12. The van der Waals surface area contributed by atoms with Crippen LogP contribution in [0.2, 0.25) is 0 Å². The van der Waals surface area contributed by atoms with Crippen LogP contribution in [0.4, 0.5) is 0 Å². The molecule has 0 bridgehead atoms. The van der Waals surface area contributed by atoms with Crippen molar-refractivity contribution < 1.29 is 19.4 Å². The number of rotatable bonds is 8. The number of carboxylic acids is 1. The summed E-state index contributed by atoms with van der Waals surface area (Å²) < 4.78 is 5.68. The molecule has 0 unspecified atom stereocenters. The van der Waals surface area contributed by atoms with Gasteiger partial charge >= 0.3 is 5.97 Å². The molecule has 0 radical (unpaired) electrons. The molecule has 0 aliphatic heterocycles. The topological polar surface area (TPSA) is 82.6 Å². The van der Waals surface area contributed by atoms with E-state index in [0.717, 1.165) is 38.9 Å². The molecule has 0 aliphatic carbocycles. The number of carbonyl (C=O) groups excluding carboxylic acids is 1. The fraction of sp³-hybridized carbons (Fsp3) is 0.214. The fourth-order valence-corrected chi connectivity index (χ4v) is 4.06. The first-order valence-electron chi connectivity index (χ1n) is 11.3. The van der Waals surface area contributed by atoms with Crippen molar-refractivity contribution >= 4 is 22.8 Å². The summed E-state index contributed by atoms with van der Waals surface area (Å²) in [6, 6.07) is 23.0. The number of fused-ring (bicyclic) bond motifs is 1. The van der Waals surface area contributed by atoms with Crippen LogP contribution < -0.4 is 4.74 Å². The number of nitrogens with one attached hydrogen (secondary N) is 1. The van der Waals surface area contributed by atoms with Crippen molar-refractivity contribution in [3.8, 4) is 16.9 Å². The van der Waals surface area contributed by atoms with Crippen molar-refractivity contribution in [3.05, 3.63) is 89.6 Å². The number of aromatic nitrogens is 1. The molecule has 2 N–H and O–H groups in total. The highest BCUT2D eigenvalue weighted by molar-refractivity contribution is 6.10. The predicted octanol–water partition coefficient (Wildman–Crippen LogP) is 5.66. The summed E-state index contributed by atoms with van der Waals surface area (Å²) >= 11 is 0. The van der Waals surface area contributed by atoms with Gasteiger partial charge in [-0.3, -0.25) is 9.59 Å². The number of hydrogen-bond donors (Lipinski definition) is 2. The van der Waals surface area contributed by atoms with E-state index in [2.05, 4.69) is 4.98 Å². The second-order valence-electron chi connectivity index (χ2n) is 8.66. The highest BCUT2D eigenvalue weighted by Gasteiger charge is 2.25. The Labute approximate surface area is 198 Å². The SMILES string of the molecule is Cc1ccc2[nH]c(C(=O)N(CC(=O)O)Cc3ccc(OC(C)C)cc3)c(-c3ccccc3)c2c1. The van der Waals surface area contributed by atoms with Crippen molar-refractivity contribution in [2.24, 2.45) is 0 Å². The molecule has 0 saturated heterocycles. The van der Waals surface area contributed by atoms with Crippen LogP contribution in [-0.4, -0.2) is 39.5 Å². The summed E-state index contributed by atoms with van der Waals surface area (Å²) in [6.45, 7) is 5.66. The second kappa shape index (κ2) is 9.83. The summed E-state index contributed by atoms with van der Waals surface area (Å²) in [5.74, 6) is -0.703. The molecule has 4 rings (SSSR count). The van der Waals surface area contributed by atoms with Gasteiger partial charge < -0.3 is 19.7 Å². The quantitative estimate of drug-likeness (QED) is 0.359. The molecule has 0 fully saturated rings. The summed E-state index contributed by atoms with van der Waals surface area (Å²) in [4.78, 5) is 30.0. The average molecular weight is 457 g/mol. The first kappa shape index (κ1) is 23.1. The zero-order valence-corrected chi connectivity index (χ0v) is 19.5. The van der Waals surface area contributed by atoms with Crippen LogP contribution in [0.5, 0.6) is 5.75 Å². The smallest absolute Gasteiger partial charge is 0.323 e. The number of aliphatic carboxylic acids is 1. The van der Waals surface area contributed by atoms with E-state index in [4.69, 9.17) is 4.74 Å². The molecular formula is C28H28N2O4. The number of benzene rings is 3. The molecule has 0 spiro atoms. The van der Waals surface area contributed by atoms with Gasteiger partial charge in [-0.25, -0.2) is 0 Å². The Morgan fingerprint density at radius 2 is 1.71 bits per heavy atom. The molecule has 6 nitrogen and oxygen atoms in total. The molecule has 4 aromatic rings. The first-order valence-corrected chi connectivity index (χ1v) is 11.3. The minimum Gasteiger partial charge on any atom is -0.491 e. The molecule has 1 aromatic heterocycles. The molecule has 0 aliphatic rings. The number of amides is 1. The van der Waals surface area contributed by atoms with E-state index in [1.165, 1.54) is 4.90 Å². The number of carbonyl (C=O) groups is 2. The van der Waals surface area contributed by atoms with Crippen LogP contribution in [0, 0.1) is 6.92 Å². The van der Waals surface area contributed by atoms with E-state index in [9.17, 15) is 14.7 Å². The molecule has 174 valence electrons. The van der Waals surface area contributed by atoms with E-state index in [-0.39, 0.29) is 18.6 Å². The highest BCUT2D eigenvalue weighted by atomic mass is 16.5. The lowest BCUT2D eigenvalue weighted by atomic mass is 10.00. The lowest BCUT2D eigenvalue weighted by Crippen LogP contribution is -2.35. The van der Waals surface area contributed by atoms with Gasteiger partial charge in [0.25, 0.3) is 5.91 Å². The molecule has 34 heavy (non-hydrogen) atoms. The third-order valence-corrected chi connectivity index (χ3v) is 5.51. The average Bonchev–Trinajstić information content (AvgIpc) is 3.18. The number of nitrogens with zero attached hydrogens (tertiary/aromatic N) is 1. The molecule has 1 amide bonds. The number of ether oxygens (including phenoxy) is 1. The molecule has 1 heterocycles. The maximum atomic E-state index is 13.8. The first-order chi connectivity index (χ1) is 16.3. The minimum absolute atomic E-state index is 0.0537. The van der Waals surface area contributed by atoms with Gasteiger partial charge in [0.05, 0.1) is 6.10 Å². The fourth-order valence-electron chi connectivity index (χ4n) is 4.06. The second-order valence-corrected chi connectivity index (χ2v) is 8.66. The number of aromatic amines is 1. The van der Waals surface area contributed by atoms with Gasteiger partial charge in [-0.2, -0.15) is 0 Å². The molecule has 0 saturated carbocycles. The zero-order chi connectivity index (χ0) is 24.2. The van der Waals surface area contributed by atoms with Crippen LogP contribution in [0.1, 0.15) is 35.5 Å². The highest BCUT2D eigenvalue weighted by Crippen LogP contribution is 2.34. The molecular weight excluding hydrogens is 428 g/mol. The Balaban J connectivity index is 1.73. The van der Waals surface area contributed by atoms with Crippen molar-refractivity contribution in [2.75, 3.05) is 6.54 Å². The number of carboxylic acid groups (broad SMARTS) is 1. The van der Waals surface area contributed by atoms with Crippen molar-refractivity contribution in [1.29, 1.82) is 0 Å². The van der Waals surface area contributed by atoms with Gasteiger partial charge in [0.15, 0.2) is 0 Å². The Morgan fingerprint density at radius 1 is 1.00 bits per heavy atom. The maximum absolute atomic E-state index is 13.8. The normalized spacial score (nSPS) is 11.1.